The molecule has 142 valence electrons. The third-order valence-corrected chi connectivity index (χ3v) is 4.68. The van der Waals surface area contributed by atoms with Crippen molar-refractivity contribution >= 4 is 22.5 Å². The van der Waals surface area contributed by atoms with Crippen molar-refractivity contribution in [2.45, 2.75) is 13.3 Å². The molecule has 0 saturated carbocycles. The van der Waals surface area contributed by atoms with Gasteiger partial charge in [-0.25, -0.2) is 10.4 Å². The molecule has 1 N–H and O–H groups in total. The highest BCUT2D eigenvalue weighted by Gasteiger charge is 2.13. The number of fused-ring (bicyclic) bond motifs is 1. The van der Waals surface area contributed by atoms with Crippen LogP contribution in [0, 0.1) is 0 Å². The molecule has 3 aromatic carbocycles. The third-order valence-electron chi connectivity index (χ3n) is 4.68. The van der Waals surface area contributed by atoms with Crippen molar-refractivity contribution in [2.75, 3.05) is 0 Å². The summed E-state index contributed by atoms with van der Waals surface area (Å²) in [6, 6.07) is 29.4. The van der Waals surface area contributed by atoms with Crippen LogP contribution in [0.5, 0.6) is 0 Å². The quantitative estimate of drug-likeness (QED) is 0.380. The standard InChI is InChI=1S/C25H21N3O/c1-18(16-19-10-4-2-5-11-19)27-28-25(29)22-17-24(20-12-6-3-7-13-20)26-23-15-9-8-14-21(22)23/h2-15,17H,16H2,1H3,(H,28,29)/b27-18+. The summed E-state index contributed by atoms with van der Waals surface area (Å²) in [5, 5.41) is 5.11. The third kappa shape index (κ3) is 4.38. The lowest BCUT2D eigenvalue weighted by atomic mass is 10.0. The lowest BCUT2D eigenvalue weighted by Crippen LogP contribution is -2.20. The average molecular weight is 379 g/mol. The van der Waals surface area contributed by atoms with Gasteiger partial charge in [0.05, 0.1) is 16.8 Å². The van der Waals surface area contributed by atoms with Crippen molar-refractivity contribution in [2.24, 2.45) is 5.10 Å². The fraction of sp³-hybridized carbons (Fsp3) is 0.0800. The van der Waals surface area contributed by atoms with Crippen molar-refractivity contribution in [3.63, 3.8) is 0 Å². The minimum absolute atomic E-state index is 0.242. The van der Waals surface area contributed by atoms with E-state index in [1.54, 1.807) is 0 Å². The summed E-state index contributed by atoms with van der Waals surface area (Å²) >= 11 is 0. The Morgan fingerprint density at radius 1 is 0.897 bits per heavy atom. The number of amides is 1. The van der Waals surface area contributed by atoms with Gasteiger partial charge in [0.25, 0.3) is 5.91 Å². The van der Waals surface area contributed by atoms with Crippen molar-refractivity contribution in [1.29, 1.82) is 0 Å². The Bertz CT molecular complexity index is 1170. The predicted molar refractivity (Wildman–Crippen MR) is 118 cm³/mol. The Kier molecular flexibility index (Phi) is 5.43. The van der Waals surface area contributed by atoms with E-state index in [0.717, 1.165) is 33.4 Å². The van der Waals surface area contributed by atoms with Gasteiger partial charge in [0, 0.05) is 23.1 Å². The van der Waals surface area contributed by atoms with E-state index >= 15 is 0 Å². The second kappa shape index (κ2) is 8.48. The minimum atomic E-state index is -0.242. The highest BCUT2D eigenvalue weighted by Crippen LogP contribution is 2.24. The fourth-order valence-corrected chi connectivity index (χ4v) is 3.26. The molecule has 1 heterocycles. The van der Waals surface area contributed by atoms with Crippen LogP contribution in [0.4, 0.5) is 0 Å². The molecular weight excluding hydrogens is 358 g/mol. The number of hydrogen-bond acceptors (Lipinski definition) is 3. The molecule has 0 fully saturated rings. The molecule has 0 radical (unpaired) electrons. The summed E-state index contributed by atoms with van der Waals surface area (Å²) in [7, 11) is 0. The van der Waals surface area contributed by atoms with Gasteiger partial charge in [-0.2, -0.15) is 5.10 Å². The fourth-order valence-electron chi connectivity index (χ4n) is 3.26. The number of carbonyl (C=O) groups excluding carboxylic acids is 1. The van der Waals surface area contributed by atoms with E-state index < -0.39 is 0 Å². The molecule has 0 aliphatic rings. The van der Waals surface area contributed by atoms with Gasteiger partial charge in [-0.3, -0.25) is 4.79 Å². The van der Waals surface area contributed by atoms with E-state index in [2.05, 4.69) is 10.5 Å². The lowest BCUT2D eigenvalue weighted by Gasteiger charge is -2.09. The highest BCUT2D eigenvalue weighted by atomic mass is 16.2. The zero-order valence-electron chi connectivity index (χ0n) is 16.2. The van der Waals surface area contributed by atoms with Crippen LogP contribution in [0.25, 0.3) is 22.2 Å². The van der Waals surface area contributed by atoms with Gasteiger partial charge in [-0.05, 0) is 24.6 Å². The second-order valence-electron chi connectivity index (χ2n) is 6.89. The summed E-state index contributed by atoms with van der Waals surface area (Å²) in [5.41, 5.74) is 7.78. The summed E-state index contributed by atoms with van der Waals surface area (Å²) in [4.78, 5) is 17.7. The van der Waals surface area contributed by atoms with E-state index in [-0.39, 0.29) is 5.91 Å². The SMILES string of the molecule is C/C(Cc1ccccc1)=N\NC(=O)c1cc(-c2ccccc2)nc2ccccc12. The Balaban J connectivity index is 1.63. The molecule has 4 rings (SSSR count). The van der Waals surface area contributed by atoms with Crippen LogP contribution in [0.1, 0.15) is 22.8 Å². The Labute approximate surface area is 169 Å². The average Bonchev–Trinajstić information content (AvgIpc) is 2.78. The Morgan fingerprint density at radius 3 is 2.31 bits per heavy atom. The molecule has 29 heavy (non-hydrogen) atoms. The van der Waals surface area contributed by atoms with Crippen molar-refractivity contribution in [3.05, 3.63) is 102 Å². The van der Waals surface area contributed by atoms with Crippen molar-refractivity contribution in [1.82, 2.24) is 10.4 Å². The molecule has 0 aliphatic heterocycles. The maximum Gasteiger partial charge on any atom is 0.272 e. The van der Waals surface area contributed by atoms with Gasteiger partial charge in [-0.1, -0.05) is 78.9 Å². The number of rotatable bonds is 5. The molecule has 0 atom stereocenters. The van der Waals surface area contributed by atoms with Crippen LogP contribution in [-0.2, 0) is 6.42 Å². The van der Waals surface area contributed by atoms with Crippen LogP contribution < -0.4 is 5.43 Å². The Hall–Kier alpha value is -3.79. The number of nitrogens with zero attached hydrogens (tertiary/aromatic N) is 2. The monoisotopic (exact) mass is 379 g/mol. The number of benzene rings is 3. The van der Waals surface area contributed by atoms with Gasteiger partial charge in [0.2, 0.25) is 0 Å². The summed E-state index contributed by atoms with van der Waals surface area (Å²) in [6.07, 6.45) is 0.688. The topological polar surface area (TPSA) is 54.4 Å². The van der Waals surface area contributed by atoms with E-state index in [1.807, 2.05) is 97.9 Å². The molecule has 0 aliphatic carbocycles. The Morgan fingerprint density at radius 2 is 1.55 bits per heavy atom. The van der Waals surface area contributed by atoms with Gasteiger partial charge in [0.15, 0.2) is 0 Å². The number of aromatic nitrogens is 1. The number of pyridine rings is 1. The number of para-hydroxylation sites is 1. The van der Waals surface area contributed by atoms with E-state index in [4.69, 9.17) is 4.98 Å². The minimum Gasteiger partial charge on any atom is -0.267 e. The first-order valence-electron chi connectivity index (χ1n) is 9.53. The van der Waals surface area contributed by atoms with Crippen LogP contribution in [0.2, 0.25) is 0 Å². The largest absolute Gasteiger partial charge is 0.272 e. The number of carbonyl (C=O) groups is 1. The van der Waals surface area contributed by atoms with Gasteiger partial charge in [0.1, 0.15) is 0 Å². The number of hydrazone groups is 1. The summed E-state index contributed by atoms with van der Waals surface area (Å²) < 4.78 is 0. The summed E-state index contributed by atoms with van der Waals surface area (Å²) in [6.45, 7) is 1.91. The molecule has 4 nitrogen and oxygen atoms in total. The molecular formula is C25H21N3O. The van der Waals surface area contributed by atoms with Crippen LogP contribution in [0.15, 0.2) is 96.1 Å². The normalized spacial score (nSPS) is 11.4. The lowest BCUT2D eigenvalue weighted by molar-refractivity contribution is 0.0956. The van der Waals surface area contributed by atoms with E-state index in [0.29, 0.717) is 12.0 Å². The summed E-state index contributed by atoms with van der Waals surface area (Å²) in [5.74, 6) is -0.242. The molecule has 0 unspecified atom stereocenters. The van der Waals surface area contributed by atoms with Crippen LogP contribution in [0.3, 0.4) is 0 Å². The number of nitrogens with one attached hydrogen (secondary N) is 1. The van der Waals surface area contributed by atoms with Gasteiger partial charge >= 0.3 is 0 Å². The van der Waals surface area contributed by atoms with Crippen LogP contribution >= 0.6 is 0 Å². The maximum atomic E-state index is 13.0. The first kappa shape index (κ1) is 18.6. The molecule has 0 bridgehead atoms. The van der Waals surface area contributed by atoms with Crippen LogP contribution in [-0.4, -0.2) is 16.6 Å². The maximum absolute atomic E-state index is 13.0. The first-order chi connectivity index (χ1) is 14.2. The molecule has 1 aromatic heterocycles. The van der Waals surface area contributed by atoms with E-state index in [9.17, 15) is 4.79 Å². The molecule has 1 amide bonds. The zero-order chi connectivity index (χ0) is 20.1. The smallest absolute Gasteiger partial charge is 0.267 e. The molecule has 4 aromatic rings. The highest BCUT2D eigenvalue weighted by molar-refractivity contribution is 6.07. The van der Waals surface area contributed by atoms with Crippen molar-refractivity contribution in [3.8, 4) is 11.3 Å². The van der Waals surface area contributed by atoms with Crippen molar-refractivity contribution < 1.29 is 4.79 Å². The molecule has 0 spiro atoms. The molecule has 4 heteroatoms. The second-order valence-corrected chi connectivity index (χ2v) is 6.89. The predicted octanol–water partition coefficient (Wildman–Crippen LogP) is 5.25. The number of hydrogen-bond donors (Lipinski definition) is 1. The first-order valence-corrected chi connectivity index (χ1v) is 9.53. The van der Waals surface area contributed by atoms with E-state index in [1.165, 1.54) is 0 Å². The van der Waals surface area contributed by atoms with Gasteiger partial charge < -0.3 is 0 Å². The van der Waals surface area contributed by atoms with Gasteiger partial charge in [-0.15, -0.1) is 0 Å². The zero-order valence-corrected chi connectivity index (χ0v) is 16.2. The molecule has 0 saturated heterocycles.